The molecule has 0 aliphatic heterocycles. The SMILES string of the molecule is Cc1ccc(C(=O)c2c(-c3ccccc3)oc(C)c2-c2ccccc2)cc1. The Morgan fingerprint density at radius 3 is 1.85 bits per heavy atom. The first kappa shape index (κ1) is 17.0. The van der Waals surface area contributed by atoms with Crippen LogP contribution in [0.2, 0.25) is 0 Å². The van der Waals surface area contributed by atoms with Crippen molar-refractivity contribution in [3.05, 3.63) is 107 Å². The number of rotatable bonds is 4. The molecule has 0 bridgehead atoms. The lowest BCUT2D eigenvalue weighted by atomic mass is 9.92. The average Bonchev–Trinajstić information content (AvgIpc) is 3.06. The van der Waals surface area contributed by atoms with Crippen molar-refractivity contribution in [2.24, 2.45) is 0 Å². The highest BCUT2D eigenvalue weighted by Crippen LogP contribution is 2.39. The quantitative estimate of drug-likeness (QED) is 0.394. The van der Waals surface area contributed by atoms with Crippen molar-refractivity contribution in [3.8, 4) is 22.5 Å². The molecule has 2 nitrogen and oxygen atoms in total. The van der Waals surface area contributed by atoms with E-state index in [1.165, 1.54) is 0 Å². The molecule has 1 aromatic heterocycles. The minimum atomic E-state index is -0.0236. The zero-order valence-corrected chi connectivity index (χ0v) is 15.4. The summed E-state index contributed by atoms with van der Waals surface area (Å²) in [5.74, 6) is 1.34. The normalized spacial score (nSPS) is 10.7. The Labute approximate surface area is 159 Å². The van der Waals surface area contributed by atoms with E-state index < -0.39 is 0 Å². The molecule has 0 saturated carbocycles. The van der Waals surface area contributed by atoms with Gasteiger partial charge in [0.1, 0.15) is 11.5 Å². The summed E-state index contributed by atoms with van der Waals surface area (Å²) >= 11 is 0. The molecule has 1 heterocycles. The van der Waals surface area contributed by atoms with Gasteiger partial charge in [-0.25, -0.2) is 0 Å². The Balaban J connectivity index is 1.97. The highest BCUT2D eigenvalue weighted by molar-refractivity contribution is 6.16. The van der Waals surface area contributed by atoms with Crippen LogP contribution < -0.4 is 0 Å². The van der Waals surface area contributed by atoms with Crippen LogP contribution in [0.25, 0.3) is 22.5 Å². The van der Waals surface area contributed by atoms with Crippen molar-refractivity contribution in [2.75, 3.05) is 0 Å². The third kappa shape index (κ3) is 3.22. The number of hydrogen-bond acceptors (Lipinski definition) is 2. The molecule has 0 fully saturated rings. The van der Waals surface area contributed by atoms with E-state index in [1.54, 1.807) is 0 Å². The second-order valence-corrected chi connectivity index (χ2v) is 6.66. The summed E-state index contributed by atoms with van der Waals surface area (Å²) in [6.45, 7) is 3.93. The summed E-state index contributed by atoms with van der Waals surface area (Å²) in [6.07, 6.45) is 0. The van der Waals surface area contributed by atoms with Gasteiger partial charge in [-0.05, 0) is 19.4 Å². The van der Waals surface area contributed by atoms with E-state index in [4.69, 9.17) is 4.42 Å². The number of furan rings is 1. The lowest BCUT2D eigenvalue weighted by Gasteiger charge is -2.07. The standard InChI is InChI=1S/C25H20O2/c1-17-13-15-20(16-14-17)24(26)23-22(19-9-5-3-6-10-19)18(2)27-25(23)21-11-7-4-8-12-21/h3-16H,1-2H3. The van der Waals surface area contributed by atoms with E-state index in [0.717, 1.165) is 28.0 Å². The molecule has 0 amide bonds. The van der Waals surface area contributed by atoms with Crippen molar-refractivity contribution in [1.82, 2.24) is 0 Å². The highest BCUT2D eigenvalue weighted by atomic mass is 16.3. The summed E-state index contributed by atoms with van der Waals surface area (Å²) in [6, 6.07) is 27.4. The second-order valence-electron chi connectivity index (χ2n) is 6.66. The fourth-order valence-electron chi connectivity index (χ4n) is 3.36. The van der Waals surface area contributed by atoms with Gasteiger partial charge in [-0.1, -0.05) is 90.5 Å². The Kier molecular flexibility index (Phi) is 4.47. The monoisotopic (exact) mass is 352 g/mol. The van der Waals surface area contributed by atoms with Crippen LogP contribution >= 0.6 is 0 Å². The number of aryl methyl sites for hydroxylation is 2. The highest BCUT2D eigenvalue weighted by Gasteiger charge is 2.26. The van der Waals surface area contributed by atoms with Gasteiger partial charge in [0.05, 0.1) is 5.56 Å². The van der Waals surface area contributed by atoms with Crippen LogP contribution in [0, 0.1) is 13.8 Å². The molecule has 2 heteroatoms. The first-order valence-electron chi connectivity index (χ1n) is 9.01. The molecule has 0 aliphatic rings. The summed E-state index contributed by atoms with van der Waals surface area (Å²) < 4.78 is 6.13. The van der Waals surface area contributed by atoms with Crippen LogP contribution in [-0.2, 0) is 0 Å². The molecule has 3 aromatic carbocycles. The van der Waals surface area contributed by atoms with Crippen LogP contribution in [0.15, 0.2) is 89.3 Å². The Morgan fingerprint density at radius 1 is 0.704 bits per heavy atom. The molecule has 4 aromatic rings. The number of carbonyl (C=O) groups is 1. The van der Waals surface area contributed by atoms with Gasteiger partial charge in [-0.3, -0.25) is 4.79 Å². The Bertz CT molecular complexity index is 1070. The maximum absolute atomic E-state index is 13.5. The summed E-state index contributed by atoms with van der Waals surface area (Å²) in [5, 5.41) is 0. The largest absolute Gasteiger partial charge is 0.460 e. The molecule has 0 spiro atoms. The van der Waals surface area contributed by atoms with E-state index in [0.29, 0.717) is 16.9 Å². The van der Waals surface area contributed by atoms with Gasteiger partial charge in [0.15, 0.2) is 5.78 Å². The molecular weight excluding hydrogens is 332 g/mol. The summed E-state index contributed by atoms with van der Waals surface area (Å²) in [7, 11) is 0. The van der Waals surface area contributed by atoms with Crippen molar-refractivity contribution < 1.29 is 9.21 Å². The molecule has 0 saturated heterocycles. The third-order valence-corrected chi connectivity index (χ3v) is 4.72. The van der Waals surface area contributed by atoms with Crippen molar-refractivity contribution in [1.29, 1.82) is 0 Å². The first-order chi connectivity index (χ1) is 13.1. The lowest BCUT2D eigenvalue weighted by Crippen LogP contribution is -2.04. The maximum atomic E-state index is 13.5. The Morgan fingerprint density at radius 2 is 1.26 bits per heavy atom. The number of carbonyl (C=O) groups excluding carboxylic acids is 1. The smallest absolute Gasteiger partial charge is 0.197 e. The minimum absolute atomic E-state index is 0.0236. The molecule has 0 aliphatic carbocycles. The molecular formula is C25H20O2. The van der Waals surface area contributed by atoms with E-state index in [9.17, 15) is 4.79 Å². The van der Waals surface area contributed by atoms with Crippen LogP contribution in [0.3, 0.4) is 0 Å². The predicted molar refractivity (Wildman–Crippen MR) is 109 cm³/mol. The van der Waals surface area contributed by atoms with Crippen LogP contribution in [0.5, 0.6) is 0 Å². The predicted octanol–water partition coefficient (Wildman–Crippen LogP) is 6.46. The molecule has 132 valence electrons. The number of hydrogen-bond donors (Lipinski definition) is 0. The van der Waals surface area contributed by atoms with E-state index >= 15 is 0 Å². The molecule has 0 N–H and O–H groups in total. The van der Waals surface area contributed by atoms with Crippen LogP contribution in [0.1, 0.15) is 27.2 Å². The number of benzene rings is 3. The van der Waals surface area contributed by atoms with Crippen molar-refractivity contribution in [2.45, 2.75) is 13.8 Å². The maximum Gasteiger partial charge on any atom is 0.197 e. The van der Waals surface area contributed by atoms with Gasteiger partial charge in [0.2, 0.25) is 0 Å². The lowest BCUT2D eigenvalue weighted by molar-refractivity contribution is 0.103. The van der Waals surface area contributed by atoms with Gasteiger partial charge in [-0.15, -0.1) is 0 Å². The fourth-order valence-corrected chi connectivity index (χ4v) is 3.36. The summed E-state index contributed by atoms with van der Waals surface area (Å²) in [5.41, 5.74) is 5.15. The zero-order valence-electron chi connectivity index (χ0n) is 15.4. The molecule has 4 rings (SSSR count). The molecule has 0 radical (unpaired) electrons. The van der Waals surface area contributed by atoms with Crippen LogP contribution in [-0.4, -0.2) is 5.78 Å². The third-order valence-electron chi connectivity index (χ3n) is 4.72. The Hall–Kier alpha value is -3.39. The number of ketones is 1. The van der Waals surface area contributed by atoms with E-state index in [1.807, 2.05) is 98.8 Å². The molecule has 27 heavy (non-hydrogen) atoms. The van der Waals surface area contributed by atoms with Gasteiger partial charge < -0.3 is 4.42 Å². The first-order valence-corrected chi connectivity index (χ1v) is 9.01. The zero-order chi connectivity index (χ0) is 18.8. The minimum Gasteiger partial charge on any atom is -0.460 e. The van der Waals surface area contributed by atoms with Crippen molar-refractivity contribution in [3.63, 3.8) is 0 Å². The van der Waals surface area contributed by atoms with E-state index in [-0.39, 0.29) is 5.78 Å². The van der Waals surface area contributed by atoms with E-state index in [2.05, 4.69) is 0 Å². The topological polar surface area (TPSA) is 30.2 Å². The van der Waals surface area contributed by atoms with Gasteiger partial charge in [-0.2, -0.15) is 0 Å². The van der Waals surface area contributed by atoms with Gasteiger partial charge in [0.25, 0.3) is 0 Å². The fraction of sp³-hybridized carbons (Fsp3) is 0.0800. The van der Waals surface area contributed by atoms with Crippen LogP contribution in [0.4, 0.5) is 0 Å². The van der Waals surface area contributed by atoms with Crippen molar-refractivity contribution >= 4 is 5.78 Å². The molecule has 0 atom stereocenters. The average molecular weight is 352 g/mol. The summed E-state index contributed by atoms with van der Waals surface area (Å²) in [4.78, 5) is 13.5. The van der Waals surface area contributed by atoms with Gasteiger partial charge >= 0.3 is 0 Å². The van der Waals surface area contributed by atoms with Gasteiger partial charge in [0, 0.05) is 16.7 Å². The molecule has 0 unspecified atom stereocenters. The second kappa shape index (κ2) is 7.08.